The standard InChI is InChI=1S/C11H15NO3/c1-9-2-4-12(11(13)6-9)7-10-3-5-14-8-15-10/h2,4,6,10H,3,5,7-8H2,1H3. The molecule has 1 atom stereocenters. The highest BCUT2D eigenvalue weighted by Gasteiger charge is 2.14. The molecule has 0 spiro atoms. The van der Waals surface area contributed by atoms with Crippen LogP contribution in [0.15, 0.2) is 23.1 Å². The quantitative estimate of drug-likeness (QED) is 0.727. The lowest BCUT2D eigenvalue weighted by atomic mass is 10.2. The van der Waals surface area contributed by atoms with Crippen molar-refractivity contribution in [3.8, 4) is 0 Å². The number of hydrogen-bond donors (Lipinski definition) is 0. The Morgan fingerprint density at radius 1 is 1.60 bits per heavy atom. The molecule has 0 amide bonds. The van der Waals surface area contributed by atoms with Crippen molar-refractivity contribution in [3.63, 3.8) is 0 Å². The molecule has 1 aromatic heterocycles. The molecule has 4 heteroatoms. The van der Waals surface area contributed by atoms with Crippen LogP contribution in [0.1, 0.15) is 12.0 Å². The summed E-state index contributed by atoms with van der Waals surface area (Å²) in [5, 5.41) is 0. The highest BCUT2D eigenvalue weighted by Crippen LogP contribution is 2.07. The largest absolute Gasteiger partial charge is 0.355 e. The van der Waals surface area contributed by atoms with E-state index in [0.29, 0.717) is 19.9 Å². The summed E-state index contributed by atoms with van der Waals surface area (Å²) in [6, 6.07) is 3.57. The molecule has 2 rings (SSSR count). The van der Waals surface area contributed by atoms with E-state index < -0.39 is 0 Å². The number of nitrogens with zero attached hydrogens (tertiary/aromatic N) is 1. The maximum atomic E-state index is 11.6. The van der Waals surface area contributed by atoms with Crippen LogP contribution in [0.2, 0.25) is 0 Å². The molecule has 0 bridgehead atoms. The molecule has 0 aromatic carbocycles. The van der Waals surface area contributed by atoms with Gasteiger partial charge in [0.2, 0.25) is 0 Å². The maximum Gasteiger partial charge on any atom is 0.250 e. The van der Waals surface area contributed by atoms with Gasteiger partial charge < -0.3 is 14.0 Å². The Labute approximate surface area is 88.4 Å². The average Bonchev–Trinajstić information content (AvgIpc) is 2.24. The summed E-state index contributed by atoms with van der Waals surface area (Å²) >= 11 is 0. The van der Waals surface area contributed by atoms with Crippen molar-refractivity contribution in [2.24, 2.45) is 0 Å². The lowest BCUT2D eigenvalue weighted by molar-refractivity contribution is -0.142. The smallest absolute Gasteiger partial charge is 0.250 e. The van der Waals surface area contributed by atoms with E-state index in [4.69, 9.17) is 9.47 Å². The number of rotatable bonds is 2. The summed E-state index contributed by atoms with van der Waals surface area (Å²) in [4.78, 5) is 11.6. The fraction of sp³-hybridized carbons (Fsp3) is 0.545. The average molecular weight is 209 g/mol. The molecule has 0 N–H and O–H groups in total. The molecule has 0 radical (unpaired) electrons. The van der Waals surface area contributed by atoms with Crippen LogP contribution in [0.3, 0.4) is 0 Å². The van der Waals surface area contributed by atoms with E-state index in [9.17, 15) is 4.79 Å². The molecule has 1 aromatic rings. The zero-order valence-electron chi connectivity index (χ0n) is 8.81. The first-order valence-corrected chi connectivity index (χ1v) is 5.12. The zero-order chi connectivity index (χ0) is 10.7. The van der Waals surface area contributed by atoms with Crippen LogP contribution in [0.5, 0.6) is 0 Å². The lowest BCUT2D eigenvalue weighted by Gasteiger charge is -2.23. The number of aryl methyl sites for hydroxylation is 1. The predicted molar refractivity (Wildman–Crippen MR) is 55.7 cm³/mol. The van der Waals surface area contributed by atoms with Crippen LogP contribution >= 0.6 is 0 Å². The van der Waals surface area contributed by atoms with E-state index in [1.807, 2.05) is 19.2 Å². The Bertz CT molecular complexity index is 380. The molecule has 1 aliphatic rings. The van der Waals surface area contributed by atoms with Crippen molar-refractivity contribution in [1.82, 2.24) is 4.57 Å². The molecule has 0 aliphatic carbocycles. The molecule has 1 saturated heterocycles. The van der Waals surface area contributed by atoms with E-state index in [-0.39, 0.29) is 11.7 Å². The summed E-state index contributed by atoms with van der Waals surface area (Å²) in [6.45, 7) is 3.58. The molecule has 2 heterocycles. The molecule has 4 nitrogen and oxygen atoms in total. The van der Waals surface area contributed by atoms with Gasteiger partial charge in [-0.1, -0.05) is 0 Å². The summed E-state index contributed by atoms with van der Waals surface area (Å²) in [5.41, 5.74) is 1.02. The Morgan fingerprint density at radius 2 is 2.47 bits per heavy atom. The van der Waals surface area contributed by atoms with Gasteiger partial charge in [0, 0.05) is 12.3 Å². The molecule has 1 fully saturated rings. The maximum absolute atomic E-state index is 11.6. The van der Waals surface area contributed by atoms with Crippen LogP contribution in [0.25, 0.3) is 0 Å². The molecule has 82 valence electrons. The van der Waals surface area contributed by atoms with Crippen molar-refractivity contribution in [2.45, 2.75) is 26.0 Å². The van der Waals surface area contributed by atoms with Crippen molar-refractivity contribution in [3.05, 3.63) is 34.2 Å². The fourth-order valence-corrected chi connectivity index (χ4v) is 1.62. The summed E-state index contributed by atoms with van der Waals surface area (Å²) in [6.07, 6.45) is 2.76. The first-order valence-electron chi connectivity index (χ1n) is 5.12. The van der Waals surface area contributed by atoms with Crippen molar-refractivity contribution in [1.29, 1.82) is 0 Å². The number of pyridine rings is 1. The van der Waals surface area contributed by atoms with Crippen molar-refractivity contribution in [2.75, 3.05) is 13.4 Å². The van der Waals surface area contributed by atoms with E-state index in [1.165, 1.54) is 0 Å². The fourth-order valence-electron chi connectivity index (χ4n) is 1.62. The SMILES string of the molecule is Cc1ccn(CC2CCOCO2)c(=O)c1. The van der Waals surface area contributed by atoms with E-state index >= 15 is 0 Å². The van der Waals surface area contributed by atoms with Gasteiger partial charge in [-0.05, 0) is 25.0 Å². The van der Waals surface area contributed by atoms with Gasteiger partial charge in [0.1, 0.15) is 6.79 Å². The van der Waals surface area contributed by atoms with Gasteiger partial charge >= 0.3 is 0 Å². The third-order valence-electron chi connectivity index (χ3n) is 2.52. The van der Waals surface area contributed by atoms with Gasteiger partial charge in [-0.2, -0.15) is 0 Å². The van der Waals surface area contributed by atoms with Gasteiger partial charge in [-0.25, -0.2) is 0 Å². The topological polar surface area (TPSA) is 40.5 Å². The van der Waals surface area contributed by atoms with Crippen molar-refractivity contribution < 1.29 is 9.47 Å². The molecular formula is C11H15NO3. The van der Waals surface area contributed by atoms with E-state index in [0.717, 1.165) is 12.0 Å². The number of ether oxygens (including phenoxy) is 2. The summed E-state index contributed by atoms with van der Waals surface area (Å²) < 4.78 is 12.1. The number of aromatic nitrogens is 1. The third kappa shape index (κ3) is 2.67. The highest BCUT2D eigenvalue weighted by atomic mass is 16.7. The Balaban J connectivity index is 2.06. The van der Waals surface area contributed by atoms with Gasteiger partial charge in [0.15, 0.2) is 0 Å². The van der Waals surface area contributed by atoms with Crippen LogP contribution in [-0.4, -0.2) is 24.1 Å². The lowest BCUT2D eigenvalue weighted by Crippen LogP contribution is -2.32. The van der Waals surface area contributed by atoms with Gasteiger partial charge in [0.25, 0.3) is 5.56 Å². The molecule has 1 unspecified atom stereocenters. The van der Waals surface area contributed by atoms with Gasteiger partial charge in [-0.15, -0.1) is 0 Å². The second kappa shape index (κ2) is 4.59. The Hall–Kier alpha value is -1.13. The van der Waals surface area contributed by atoms with E-state index in [2.05, 4.69) is 0 Å². The van der Waals surface area contributed by atoms with Crippen LogP contribution < -0.4 is 5.56 Å². The van der Waals surface area contributed by atoms with E-state index in [1.54, 1.807) is 10.6 Å². The molecule has 1 aliphatic heterocycles. The minimum absolute atomic E-state index is 0.0325. The number of hydrogen-bond acceptors (Lipinski definition) is 3. The van der Waals surface area contributed by atoms with Gasteiger partial charge in [0.05, 0.1) is 19.3 Å². The van der Waals surface area contributed by atoms with Crippen LogP contribution in [0, 0.1) is 6.92 Å². The Kier molecular flexibility index (Phi) is 3.18. The monoisotopic (exact) mass is 209 g/mol. The first kappa shape index (κ1) is 10.4. The Morgan fingerprint density at radius 3 is 3.13 bits per heavy atom. The zero-order valence-corrected chi connectivity index (χ0v) is 8.81. The summed E-state index contributed by atoms with van der Waals surface area (Å²) in [5.74, 6) is 0. The first-order chi connectivity index (χ1) is 7.25. The van der Waals surface area contributed by atoms with Gasteiger partial charge in [-0.3, -0.25) is 4.79 Å². The minimum atomic E-state index is 0.0325. The molecule has 15 heavy (non-hydrogen) atoms. The minimum Gasteiger partial charge on any atom is -0.355 e. The van der Waals surface area contributed by atoms with Crippen LogP contribution in [0.4, 0.5) is 0 Å². The predicted octanol–water partition coefficient (Wildman–Crippen LogP) is 0.920. The second-order valence-electron chi connectivity index (χ2n) is 3.80. The molecular weight excluding hydrogens is 194 g/mol. The second-order valence-corrected chi connectivity index (χ2v) is 3.80. The summed E-state index contributed by atoms with van der Waals surface area (Å²) in [7, 11) is 0. The van der Waals surface area contributed by atoms with Crippen molar-refractivity contribution >= 4 is 0 Å². The molecule has 0 saturated carbocycles. The highest BCUT2D eigenvalue weighted by molar-refractivity contribution is 5.08. The van der Waals surface area contributed by atoms with Crippen LogP contribution in [-0.2, 0) is 16.0 Å². The normalized spacial score (nSPS) is 21.5. The third-order valence-corrected chi connectivity index (χ3v) is 2.52.